The van der Waals surface area contributed by atoms with Crippen LogP contribution in [0.3, 0.4) is 0 Å². The minimum absolute atomic E-state index is 0. The number of piperidine rings is 1. The monoisotopic (exact) mass is 502 g/mol. The summed E-state index contributed by atoms with van der Waals surface area (Å²) in [5.74, 6) is 3.78. The van der Waals surface area contributed by atoms with Crippen molar-refractivity contribution in [1.29, 1.82) is 0 Å². The van der Waals surface area contributed by atoms with E-state index in [1.807, 2.05) is 18.4 Å². The second kappa shape index (κ2) is 10.4. The van der Waals surface area contributed by atoms with Crippen LogP contribution in [-0.4, -0.2) is 55.5 Å². The predicted molar refractivity (Wildman–Crippen MR) is 126 cm³/mol. The summed E-state index contributed by atoms with van der Waals surface area (Å²) in [6.45, 7) is 7.14. The van der Waals surface area contributed by atoms with Crippen LogP contribution in [0.5, 0.6) is 0 Å². The highest BCUT2D eigenvalue weighted by atomic mass is 127. The Labute approximate surface area is 185 Å². The molecule has 0 aromatic carbocycles. The quantitative estimate of drug-likeness (QED) is 0.379. The van der Waals surface area contributed by atoms with Gasteiger partial charge in [-0.2, -0.15) is 0 Å². The van der Waals surface area contributed by atoms with Gasteiger partial charge in [0.15, 0.2) is 5.96 Å². The molecule has 6 heteroatoms. The lowest BCUT2D eigenvalue weighted by Crippen LogP contribution is -2.44. The van der Waals surface area contributed by atoms with Crippen molar-refractivity contribution in [2.45, 2.75) is 45.1 Å². The van der Waals surface area contributed by atoms with Gasteiger partial charge >= 0.3 is 0 Å². The van der Waals surface area contributed by atoms with E-state index >= 15 is 0 Å². The zero-order valence-electron chi connectivity index (χ0n) is 16.6. The first-order valence-electron chi connectivity index (χ1n) is 10.5. The number of guanidine groups is 1. The molecule has 2 saturated heterocycles. The lowest BCUT2D eigenvalue weighted by atomic mass is 9.82. The fourth-order valence-electron chi connectivity index (χ4n) is 5.12. The minimum Gasteiger partial charge on any atom is -0.356 e. The Bertz CT molecular complexity index is 569. The first-order chi connectivity index (χ1) is 12.8. The van der Waals surface area contributed by atoms with Crippen LogP contribution in [0.25, 0.3) is 0 Å². The van der Waals surface area contributed by atoms with E-state index in [2.05, 4.69) is 37.6 Å². The van der Waals surface area contributed by atoms with Crippen molar-refractivity contribution in [2.24, 2.45) is 22.7 Å². The van der Waals surface area contributed by atoms with E-state index in [0.717, 1.165) is 36.8 Å². The van der Waals surface area contributed by atoms with E-state index in [1.54, 1.807) is 0 Å². The second-order valence-electron chi connectivity index (χ2n) is 8.44. The molecule has 27 heavy (non-hydrogen) atoms. The molecular weight excluding hydrogens is 467 g/mol. The minimum atomic E-state index is 0. The largest absolute Gasteiger partial charge is 0.356 e. The van der Waals surface area contributed by atoms with Gasteiger partial charge < -0.3 is 10.2 Å². The fourth-order valence-corrected chi connectivity index (χ4v) is 5.86. The first kappa shape index (κ1) is 21.4. The Morgan fingerprint density at radius 1 is 1.15 bits per heavy atom. The van der Waals surface area contributed by atoms with Gasteiger partial charge in [-0.1, -0.05) is 18.9 Å². The Kier molecular flexibility index (Phi) is 8.26. The van der Waals surface area contributed by atoms with Gasteiger partial charge in [0.05, 0.1) is 0 Å². The van der Waals surface area contributed by atoms with Crippen LogP contribution in [0.4, 0.5) is 0 Å². The van der Waals surface area contributed by atoms with Gasteiger partial charge in [0.1, 0.15) is 0 Å². The molecule has 3 aliphatic rings. The number of nitrogens with zero attached hydrogens (tertiary/aromatic N) is 3. The Balaban J connectivity index is 0.00000210. The summed E-state index contributed by atoms with van der Waals surface area (Å²) in [5.41, 5.74) is 0. The summed E-state index contributed by atoms with van der Waals surface area (Å²) in [6.07, 6.45) is 8.35. The fraction of sp³-hybridized carbons (Fsp3) is 0.762. The molecule has 2 aliphatic heterocycles. The summed E-state index contributed by atoms with van der Waals surface area (Å²) in [5, 5.41) is 5.90. The van der Waals surface area contributed by atoms with Crippen molar-refractivity contribution < 1.29 is 0 Å². The summed E-state index contributed by atoms with van der Waals surface area (Å²) < 4.78 is 0. The van der Waals surface area contributed by atoms with E-state index < -0.39 is 0 Å². The molecule has 1 aliphatic carbocycles. The van der Waals surface area contributed by atoms with Gasteiger partial charge in [-0.3, -0.25) is 9.89 Å². The zero-order valence-corrected chi connectivity index (χ0v) is 19.8. The highest BCUT2D eigenvalue weighted by molar-refractivity contribution is 14.0. The SMILES string of the molecule is CN=C(NCC1CCN(Cc2cccs2)CC1)N1CC2CCCCC2C1.I. The smallest absolute Gasteiger partial charge is 0.193 e. The molecule has 0 spiro atoms. The average molecular weight is 503 g/mol. The van der Waals surface area contributed by atoms with Crippen molar-refractivity contribution in [3.8, 4) is 0 Å². The molecule has 0 radical (unpaired) electrons. The van der Waals surface area contributed by atoms with E-state index in [0.29, 0.717) is 0 Å². The normalized spacial score (nSPS) is 27.3. The Morgan fingerprint density at radius 3 is 2.44 bits per heavy atom. The number of fused-ring (bicyclic) bond motifs is 1. The number of nitrogens with one attached hydrogen (secondary N) is 1. The third-order valence-electron chi connectivity index (χ3n) is 6.70. The van der Waals surface area contributed by atoms with Crippen molar-refractivity contribution in [1.82, 2.24) is 15.1 Å². The lowest BCUT2D eigenvalue weighted by molar-refractivity contribution is 0.179. The second-order valence-corrected chi connectivity index (χ2v) is 9.47. The number of rotatable bonds is 4. The number of hydrogen-bond acceptors (Lipinski definition) is 3. The highest BCUT2D eigenvalue weighted by Crippen LogP contribution is 2.36. The summed E-state index contributed by atoms with van der Waals surface area (Å²) in [7, 11) is 1.95. The van der Waals surface area contributed by atoms with Gasteiger partial charge in [-0.15, -0.1) is 35.3 Å². The molecule has 1 N–H and O–H groups in total. The third kappa shape index (κ3) is 5.60. The molecule has 2 unspecified atom stereocenters. The average Bonchev–Trinajstić information content (AvgIpc) is 3.33. The molecule has 3 heterocycles. The van der Waals surface area contributed by atoms with Crippen molar-refractivity contribution in [3.63, 3.8) is 0 Å². The van der Waals surface area contributed by atoms with Crippen LogP contribution < -0.4 is 5.32 Å². The van der Waals surface area contributed by atoms with Crippen molar-refractivity contribution in [2.75, 3.05) is 39.8 Å². The van der Waals surface area contributed by atoms with E-state index in [9.17, 15) is 0 Å². The van der Waals surface area contributed by atoms with Gasteiger partial charge in [0.25, 0.3) is 0 Å². The molecule has 0 bridgehead atoms. The van der Waals surface area contributed by atoms with E-state index in [-0.39, 0.29) is 24.0 Å². The van der Waals surface area contributed by atoms with Crippen LogP contribution in [0.2, 0.25) is 0 Å². The van der Waals surface area contributed by atoms with Gasteiger partial charge in [-0.05, 0) is 68.0 Å². The summed E-state index contributed by atoms with van der Waals surface area (Å²) >= 11 is 1.88. The summed E-state index contributed by atoms with van der Waals surface area (Å²) in [6, 6.07) is 4.42. The van der Waals surface area contributed by atoms with E-state index in [4.69, 9.17) is 0 Å². The molecule has 2 atom stereocenters. The zero-order chi connectivity index (χ0) is 17.8. The molecule has 4 nitrogen and oxygen atoms in total. The van der Waals surface area contributed by atoms with Crippen LogP contribution >= 0.6 is 35.3 Å². The van der Waals surface area contributed by atoms with Crippen LogP contribution in [-0.2, 0) is 6.54 Å². The third-order valence-corrected chi connectivity index (χ3v) is 7.56. The lowest BCUT2D eigenvalue weighted by Gasteiger charge is -2.32. The number of halogens is 1. The molecule has 3 fully saturated rings. The first-order valence-corrected chi connectivity index (χ1v) is 11.4. The van der Waals surface area contributed by atoms with E-state index in [1.165, 1.54) is 69.6 Å². The molecule has 152 valence electrons. The van der Waals surface area contributed by atoms with Crippen LogP contribution in [0.1, 0.15) is 43.4 Å². The van der Waals surface area contributed by atoms with Crippen molar-refractivity contribution in [3.05, 3.63) is 22.4 Å². The Hall–Kier alpha value is -0.340. The number of hydrogen-bond donors (Lipinski definition) is 1. The maximum absolute atomic E-state index is 4.60. The highest BCUT2D eigenvalue weighted by Gasteiger charge is 2.35. The predicted octanol–water partition coefficient (Wildman–Crippen LogP) is 4.28. The molecule has 0 amide bonds. The number of thiophene rings is 1. The Morgan fingerprint density at radius 2 is 1.85 bits per heavy atom. The molecule has 1 aromatic rings. The molecular formula is C21H35IN4S. The maximum atomic E-state index is 4.60. The molecule has 1 aromatic heterocycles. The number of likely N-dealkylation sites (tertiary alicyclic amines) is 2. The summed E-state index contributed by atoms with van der Waals surface area (Å²) in [4.78, 5) is 11.2. The van der Waals surface area contributed by atoms with Gasteiger partial charge in [0.2, 0.25) is 0 Å². The van der Waals surface area contributed by atoms with Crippen LogP contribution in [0, 0.1) is 17.8 Å². The maximum Gasteiger partial charge on any atom is 0.193 e. The van der Waals surface area contributed by atoms with Crippen LogP contribution in [0.15, 0.2) is 22.5 Å². The molecule has 4 rings (SSSR count). The standard InChI is InChI=1S/C21H34N4S.HI/c1-22-21(25-14-18-5-2-3-6-19(18)15-25)23-13-17-8-10-24(11-9-17)16-20-7-4-12-26-20;/h4,7,12,17-19H,2-3,5-6,8-11,13-16H2,1H3,(H,22,23);1H. The van der Waals surface area contributed by atoms with Gasteiger partial charge in [-0.25, -0.2) is 0 Å². The molecule has 1 saturated carbocycles. The van der Waals surface area contributed by atoms with Gasteiger partial charge in [0, 0.05) is 38.1 Å². The van der Waals surface area contributed by atoms with Crippen molar-refractivity contribution >= 4 is 41.3 Å². The number of aliphatic imine (C=N–C) groups is 1. The topological polar surface area (TPSA) is 30.9 Å².